The van der Waals surface area contributed by atoms with E-state index in [1.54, 1.807) is 12.5 Å². The molecular formula is C12H10N4O. The van der Waals surface area contributed by atoms with Gasteiger partial charge in [-0.15, -0.1) is 0 Å². The summed E-state index contributed by atoms with van der Waals surface area (Å²) in [5.74, 6) is 0. The van der Waals surface area contributed by atoms with Crippen LogP contribution in [0.25, 0.3) is 11.0 Å². The molecule has 0 bridgehead atoms. The summed E-state index contributed by atoms with van der Waals surface area (Å²) in [6.07, 6.45) is 6.69. The molecule has 84 valence electrons. The summed E-state index contributed by atoms with van der Waals surface area (Å²) in [6, 6.07) is 5.83. The van der Waals surface area contributed by atoms with E-state index in [1.807, 2.05) is 29.0 Å². The van der Waals surface area contributed by atoms with Crippen LogP contribution in [0.5, 0.6) is 0 Å². The normalized spacial score (nSPS) is 10.8. The van der Waals surface area contributed by atoms with Crippen molar-refractivity contribution < 1.29 is 0 Å². The van der Waals surface area contributed by atoms with E-state index >= 15 is 0 Å². The molecular weight excluding hydrogens is 216 g/mol. The van der Waals surface area contributed by atoms with Crippen LogP contribution in [0.15, 0.2) is 47.9 Å². The lowest BCUT2D eigenvalue weighted by molar-refractivity contribution is 0.798. The third-order valence-corrected chi connectivity index (χ3v) is 2.56. The van der Waals surface area contributed by atoms with Crippen LogP contribution in [-0.2, 0) is 6.54 Å². The third-order valence-electron chi connectivity index (χ3n) is 2.56. The Labute approximate surface area is 96.8 Å². The van der Waals surface area contributed by atoms with Crippen LogP contribution in [0.2, 0.25) is 0 Å². The second kappa shape index (κ2) is 3.86. The number of imidazole rings is 1. The first-order chi connectivity index (χ1) is 8.31. The molecule has 2 aromatic heterocycles. The first kappa shape index (κ1) is 9.77. The van der Waals surface area contributed by atoms with Gasteiger partial charge in [-0.05, 0) is 17.7 Å². The molecule has 0 atom stereocenters. The van der Waals surface area contributed by atoms with Crippen molar-refractivity contribution in [2.75, 3.05) is 0 Å². The van der Waals surface area contributed by atoms with E-state index in [0.29, 0.717) is 0 Å². The molecule has 0 amide bonds. The van der Waals surface area contributed by atoms with Crippen molar-refractivity contribution in [3.63, 3.8) is 0 Å². The van der Waals surface area contributed by atoms with Crippen LogP contribution in [0.1, 0.15) is 5.56 Å². The molecule has 3 aromatic rings. The number of aromatic nitrogens is 4. The number of hydrogen-bond acceptors (Lipinski definition) is 3. The fourth-order valence-corrected chi connectivity index (χ4v) is 1.78. The Balaban J connectivity index is 2.04. The molecule has 0 spiro atoms. The van der Waals surface area contributed by atoms with Crippen molar-refractivity contribution in [2.45, 2.75) is 6.54 Å². The second-order valence-electron chi connectivity index (χ2n) is 3.83. The van der Waals surface area contributed by atoms with Crippen LogP contribution in [0.3, 0.4) is 0 Å². The molecule has 3 rings (SSSR count). The number of fused-ring (bicyclic) bond motifs is 1. The van der Waals surface area contributed by atoms with Crippen LogP contribution in [-0.4, -0.2) is 19.5 Å². The largest absolute Gasteiger partial charge is 0.333 e. The van der Waals surface area contributed by atoms with Gasteiger partial charge in [-0.2, -0.15) is 0 Å². The maximum Gasteiger partial charge on any atom is 0.266 e. The van der Waals surface area contributed by atoms with Crippen LogP contribution < -0.4 is 5.56 Å². The molecule has 0 radical (unpaired) electrons. The van der Waals surface area contributed by atoms with Crippen molar-refractivity contribution in [3.8, 4) is 0 Å². The van der Waals surface area contributed by atoms with Gasteiger partial charge in [0, 0.05) is 18.9 Å². The van der Waals surface area contributed by atoms with Gasteiger partial charge < -0.3 is 9.55 Å². The lowest BCUT2D eigenvalue weighted by atomic mass is 10.2. The van der Waals surface area contributed by atoms with Crippen molar-refractivity contribution in [3.05, 3.63) is 59.0 Å². The van der Waals surface area contributed by atoms with Gasteiger partial charge in [0.15, 0.2) is 0 Å². The van der Waals surface area contributed by atoms with E-state index < -0.39 is 0 Å². The molecule has 0 fully saturated rings. The van der Waals surface area contributed by atoms with E-state index in [4.69, 9.17) is 0 Å². The minimum Gasteiger partial charge on any atom is -0.333 e. The molecule has 0 aliphatic carbocycles. The average molecular weight is 226 g/mol. The van der Waals surface area contributed by atoms with Crippen LogP contribution in [0, 0.1) is 0 Å². The van der Waals surface area contributed by atoms with E-state index in [-0.39, 0.29) is 5.56 Å². The van der Waals surface area contributed by atoms with Crippen molar-refractivity contribution in [1.82, 2.24) is 19.5 Å². The monoisotopic (exact) mass is 226 g/mol. The first-order valence-corrected chi connectivity index (χ1v) is 5.25. The summed E-state index contributed by atoms with van der Waals surface area (Å²) < 4.78 is 1.97. The van der Waals surface area contributed by atoms with E-state index in [2.05, 4.69) is 15.0 Å². The predicted molar refractivity (Wildman–Crippen MR) is 63.7 cm³/mol. The summed E-state index contributed by atoms with van der Waals surface area (Å²) in [7, 11) is 0. The number of rotatable bonds is 2. The topological polar surface area (TPSA) is 63.6 Å². The Morgan fingerprint density at radius 3 is 3.12 bits per heavy atom. The Kier molecular flexibility index (Phi) is 2.22. The lowest BCUT2D eigenvalue weighted by Crippen LogP contribution is -2.05. The summed E-state index contributed by atoms with van der Waals surface area (Å²) >= 11 is 0. The van der Waals surface area contributed by atoms with Gasteiger partial charge >= 0.3 is 0 Å². The summed E-state index contributed by atoms with van der Waals surface area (Å²) in [5, 5.41) is 0. The quantitative estimate of drug-likeness (QED) is 0.713. The minimum absolute atomic E-state index is 0.183. The average Bonchev–Trinajstić information content (AvgIpc) is 2.81. The predicted octanol–water partition coefficient (Wildman–Crippen LogP) is 1.17. The number of hydrogen-bond donors (Lipinski definition) is 1. The summed E-state index contributed by atoms with van der Waals surface area (Å²) in [5.41, 5.74) is 2.46. The maximum atomic E-state index is 11.2. The third kappa shape index (κ3) is 1.94. The molecule has 1 N–H and O–H groups in total. The first-order valence-electron chi connectivity index (χ1n) is 5.25. The zero-order chi connectivity index (χ0) is 11.7. The van der Waals surface area contributed by atoms with E-state index in [0.717, 1.165) is 23.1 Å². The molecule has 2 heterocycles. The molecule has 0 saturated carbocycles. The molecule has 0 saturated heterocycles. The van der Waals surface area contributed by atoms with E-state index in [1.165, 1.54) is 6.20 Å². The molecule has 5 heteroatoms. The molecule has 17 heavy (non-hydrogen) atoms. The zero-order valence-corrected chi connectivity index (χ0v) is 9.00. The SMILES string of the molecule is O=c1cnc2ccc(Cn3ccnc3)cc2[nH]1. The second-order valence-corrected chi connectivity index (χ2v) is 3.83. The highest BCUT2D eigenvalue weighted by Crippen LogP contribution is 2.10. The van der Waals surface area contributed by atoms with Crippen molar-refractivity contribution in [2.24, 2.45) is 0 Å². The number of H-pyrrole nitrogens is 1. The van der Waals surface area contributed by atoms with Crippen LogP contribution >= 0.6 is 0 Å². The fourth-order valence-electron chi connectivity index (χ4n) is 1.78. The Hall–Kier alpha value is -2.43. The van der Waals surface area contributed by atoms with Crippen LogP contribution in [0.4, 0.5) is 0 Å². The molecule has 0 aliphatic rings. The Morgan fingerprint density at radius 2 is 2.29 bits per heavy atom. The molecule has 0 unspecified atom stereocenters. The zero-order valence-electron chi connectivity index (χ0n) is 9.00. The Bertz CT molecular complexity index is 700. The van der Waals surface area contributed by atoms with Gasteiger partial charge in [-0.1, -0.05) is 6.07 Å². The standard InChI is InChI=1S/C12H10N4O/c17-12-6-14-10-2-1-9(5-11(10)15-12)7-16-4-3-13-8-16/h1-6,8H,7H2,(H,15,17). The van der Waals surface area contributed by atoms with Gasteiger partial charge in [0.2, 0.25) is 0 Å². The van der Waals surface area contributed by atoms with Gasteiger partial charge in [0.25, 0.3) is 5.56 Å². The highest BCUT2D eigenvalue weighted by molar-refractivity contribution is 5.74. The Morgan fingerprint density at radius 1 is 1.35 bits per heavy atom. The summed E-state index contributed by atoms with van der Waals surface area (Å²) in [6.45, 7) is 0.729. The molecule has 5 nitrogen and oxygen atoms in total. The lowest BCUT2D eigenvalue weighted by Gasteiger charge is -2.03. The fraction of sp³-hybridized carbons (Fsp3) is 0.0833. The highest BCUT2D eigenvalue weighted by atomic mass is 16.1. The van der Waals surface area contributed by atoms with Crippen molar-refractivity contribution >= 4 is 11.0 Å². The maximum absolute atomic E-state index is 11.2. The smallest absolute Gasteiger partial charge is 0.266 e. The highest BCUT2D eigenvalue weighted by Gasteiger charge is 1.99. The van der Waals surface area contributed by atoms with Gasteiger partial charge in [0.05, 0.1) is 23.6 Å². The molecule has 0 aliphatic heterocycles. The summed E-state index contributed by atoms with van der Waals surface area (Å²) in [4.78, 5) is 22.0. The van der Waals surface area contributed by atoms with E-state index in [9.17, 15) is 4.79 Å². The number of benzene rings is 1. The van der Waals surface area contributed by atoms with Gasteiger partial charge in [-0.25, -0.2) is 9.97 Å². The number of nitrogens with one attached hydrogen (secondary N) is 1. The minimum atomic E-state index is -0.183. The van der Waals surface area contributed by atoms with Gasteiger partial charge in [-0.3, -0.25) is 4.79 Å². The number of nitrogens with zero attached hydrogens (tertiary/aromatic N) is 3. The molecule has 1 aromatic carbocycles. The van der Waals surface area contributed by atoms with Crippen molar-refractivity contribution in [1.29, 1.82) is 0 Å². The van der Waals surface area contributed by atoms with Gasteiger partial charge in [0.1, 0.15) is 0 Å². The number of aromatic amines is 1.